The van der Waals surface area contributed by atoms with Gasteiger partial charge in [0, 0.05) is 5.02 Å². The summed E-state index contributed by atoms with van der Waals surface area (Å²) < 4.78 is 5.72. The van der Waals surface area contributed by atoms with E-state index >= 15 is 0 Å². The molecular formula is C20H23ClO2. The Morgan fingerprint density at radius 3 is 2.22 bits per heavy atom. The van der Waals surface area contributed by atoms with Crippen molar-refractivity contribution in [1.29, 1.82) is 0 Å². The van der Waals surface area contributed by atoms with Crippen molar-refractivity contribution in [2.75, 3.05) is 0 Å². The van der Waals surface area contributed by atoms with E-state index in [1.54, 1.807) is 12.1 Å². The highest BCUT2D eigenvalue weighted by Crippen LogP contribution is 2.28. The van der Waals surface area contributed by atoms with Gasteiger partial charge in [-0.1, -0.05) is 43.6 Å². The molecule has 2 aromatic rings. The van der Waals surface area contributed by atoms with Gasteiger partial charge in [0.25, 0.3) is 0 Å². The molecule has 0 aliphatic heterocycles. The van der Waals surface area contributed by atoms with E-state index in [0.717, 1.165) is 11.1 Å². The van der Waals surface area contributed by atoms with Crippen LogP contribution in [0.15, 0.2) is 42.5 Å². The lowest BCUT2D eigenvalue weighted by molar-refractivity contribution is -0.00313. The first-order chi connectivity index (χ1) is 10.7. The molecule has 0 fully saturated rings. The molecule has 0 aliphatic carbocycles. The first kappa shape index (κ1) is 17.6. The summed E-state index contributed by atoms with van der Waals surface area (Å²) in [6.07, 6.45) is 0. The van der Waals surface area contributed by atoms with Crippen LogP contribution in [-0.2, 0) is 10.3 Å². The molecule has 0 aromatic heterocycles. The number of carbonyl (C=O) groups excluding carboxylic acids is 1. The normalized spacial score (nSPS) is 11.6. The number of hydrogen-bond acceptors (Lipinski definition) is 2. The molecule has 0 saturated heterocycles. The quantitative estimate of drug-likeness (QED) is 0.656. The number of benzene rings is 2. The van der Waals surface area contributed by atoms with E-state index < -0.39 is 5.60 Å². The maximum Gasteiger partial charge on any atom is 0.339 e. The van der Waals surface area contributed by atoms with Crippen LogP contribution in [0, 0.1) is 6.92 Å². The standard InChI is InChI=1S/C20H23ClO2/c1-13(2)18-11-6-15(12-14(18)3)19(22)23-20(4,5)16-7-9-17(21)10-8-16/h6-13H,1-5H3. The van der Waals surface area contributed by atoms with Crippen LogP contribution in [0.1, 0.15) is 60.7 Å². The van der Waals surface area contributed by atoms with Crippen molar-refractivity contribution in [3.8, 4) is 0 Å². The van der Waals surface area contributed by atoms with E-state index in [1.165, 1.54) is 5.56 Å². The van der Waals surface area contributed by atoms with Gasteiger partial charge in [-0.2, -0.15) is 0 Å². The Kier molecular flexibility index (Phi) is 5.16. The molecule has 0 radical (unpaired) electrons. The van der Waals surface area contributed by atoms with E-state index in [-0.39, 0.29) is 5.97 Å². The van der Waals surface area contributed by atoms with Crippen LogP contribution in [0.25, 0.3) is 0 Å². The van der Waals surface area contributed by atoms with E-state index in [4.69, 9.17) is 16.3 Å². The predicted octanol–water partition coefficient (Wildman–Crippen LogP) is 5.86. The third-order valence-electron chi connectivity index (χ3n) is 4.01. The van der Waals surface area contributed by atoms with Crippen LogP contribution in [-0.4, -0.2) is 5.97 Å². The Morgan fingerprint density at radius 1 is 1.09 bits per heavy atom. The predicted molar refractivity (Wildman–Crippen MR) is 95.2 cm³/mol. The Bertz CT molecular complexity index is 700. The molecular weight excluding hydrogens is 308 g/mol. The molecule has 0 bridgehead atoms. The molecule has 0 aliphatic rings. The van der Waals surface area contributed by atoms with Crippen LogP contribution < -0.4 is 0 Å². The summed E-state index contributed by atoms with van der Waals surface area (Å²) in [6, 6.07) is 13.1. The average molecular weight is 331 g/mol. The van der Waals surface area contributed by atoms with E-state index in [0.29, 0.717) is 16.5 Å². The van der Waals surface area contributed by atoms with Crippen LogP contribution in [0.4, 0.5) is 0 Å². The van der Waals surface area contributed by atoms with Gasteiger partial charge in [-0.15, -0.1) is 0 Å². The van der Waals surface area contributed by atoms with Gasteiger partial charge in [-0.25, -0.2) is 4.79 Å². The van der Waals surface area contributed by atoms with Crippen molar-refractivity contribution in [3.05, 3.63) is 69.7 Å². The van der Waals surface area contributed by atoms with Crippen LogP contribution in [0.2, 0.25) is 5.02 Å². The number of ether oxygens (including phenoxy) is 1. The molecule has 0 atom stereocenters. The summed E-state index contributed by atoms with van der Waals surface area (Å²) in [4.78, 5) is 12.5. The number of hydrogen-bond donors (Lipinski definition) is 0. The Morgan fingerprint density at radius 2 is 1.70 bits per heavy atom. The highest BCUT2D eigenvalue weighted by atomic mass is 35.5. The van der Waals surface area contributed by atoms with E-state index in [9.17, 15) is 4.79 Å². The number of carbonyl (C=O) groups is 1. The summed E-state index contributed by atoms with van der Waals surface area (Å²) in [5.41, 5.74) is 3.13. The third-order valence-corrected chi connectivity index (χ3v) is 4.27. The Balaban J connectivity index is 2.21. The summed E-state index contributed by atoms with van der Waals surface area (Å²) in [7, 11) is 0. The largest absolute Gasteiger partial charge is 0.451 e. The lowest BCUT2D eigenvalue weighted by Crippen LogP contribution is -2.25. The summed E-state index contributed by atoms with van der Waals surface area (Å²) >= 11 is 5.91. The second-order valence-electron chi connectivity index (χ2n) is 6.63. The highest BCUT2D eigenvalue weighted by Gasteiger charge is 2.26. The second-order valence-corrected chi connectivity index (χ2v) is 7.07. The van der Waals surface area contributed by atoms with Crippen molar-refractivity contribution in [1.82, 2.24) is 0 Å². The van der Waals surface area contributed by atoms with Gasteiger partial charge in [0.15, 0.2) is 0 Å². The fraction of sp³-hybridized carbons (Fsp3) is 0.350. The minimum Gasteiger partial charge on any atom is -0.451 e. The minimum atomic E-state index is -0.716. The SMILES string of the molecule is Cc1cc(C(=O)OC(C)(C)c2ccc(Cl)cc2)ccc1C(C)C. The third kappa shape index (κ3) is 4.14. The van der Waals surface area contributed by atoms with E-state index in [2.05, 4.69) is 13.8 Å². The molecule has 3 heteroatoms. The molecule has 0 amide bonds. The molecule has 0 heterocycles. The highest BCUT2D eigenvalue weighted by molar-refractivity contribution is 6.30. The van der Waals surface area contributed by atoms with Crippen molar-refractivity contribution in [2.45, 2.75) is 46.1 Å². The van der Waals surface area contributed by atoms with E-state index in [1.807, 2.05) is 51.1 Å². The van der Waals surface area contributed by atoms with Crippen LogP contribution >= 0.6 is 11.6 Å². The van der Waals surface area contributed by atoms with Gasteiger partial charge in [-0.3, -0.25) is 0 Å². The lowest BCUT2D eigenvalue weighted by atomic mass is 9.95. The van der Waals surface area contributed by atoms with Gasteiger partial charge in [0.05, 0.1) is 5.56 Å². The van der Waals surface area contributed by atoms with Crippen LogP contribution in [0.5, 0.6) is 0 Å². The maximum absolute atomic E-state index is 12.5. The zero-order chi connectivity index (χ0) is 17.2. The smallest absolute Gasteiger partial charge is 0.339 e. The van der Waals surface area contributed by atoms with Gasteiger partial charge in [0.1, 0.15) is 5.60 Å². The lowest BCUT2D eigenvalue weighted by Gasteiger charge is -2.26. The van der Waals surface area contributed by atoms with Crippen molar-refractivity contribution in [3.63, 3.8) is 0 Å². The fourth-order valence-electron chi connectivity index (χ4n) is 2.65. The summed E-state index contributed by atoms with van der Waals surface area (Å²) in [5, 5.41) is 0.663. The summed E-state index contributed by atoms with van der Waals surface area (Å²) in [6.45, 7) is 10.1. The van der Waals surface area contributed by atoms with Gasteiger partial charge in [0.2, 0.25) is 0 Å². The van der Waals surface area contributed by atoms with Gasteiger partial charge >= 0.3 is 5.97 Å². The zero-order valence-electron chi connectivity index (χ0n) is 14.3. The molecule has 2 aromatic carbocycles. The number of aryl methyl sites for hydroxylation is 1. The molecule has 0 spiro atoms. The van der Waals surface area contributed by atoms with Crippen molar-refractivity contribution >= 4 is 17.6 Å². The molecule has 122 valence electrons. The first-order valence-electron chi connectivity index (χ1n) is 7.80. The maximum atomic E-state index is 12.5. The van der Waals surface area contributed by atoms with Crippen molar-refractivity contribution in [2.24, 2.45) is 0 Å². The topological polar surface area (TPSA) is 26.3 Å². The van der Waals surface area contributed by atoms with Gasteiger partial charge < -0.3 is 4.74 Å². The Hall–Kier alpha value is -1.80. The fourth-order valence-corrected chi connectivity index (χ4v) is 2.78. The first-order valence-corrected chi connectivity index (χ1v) is 8.18. The molecule has 0 N–H and O–H groups in total. The van der Waals surface area contributed by atoms with Crippen LogP contribution in [0.3, 0.4) is 0 Å². The minimum absolute atomic E-state index is 0.316. The van der Waals surface area contributed by atoms with Gasteiger partial charge in [-0.05, 0) is 67.6 Å². The molecule has 0 saturated carbocycles. The second kappa shape index (κ2) is 6.76. The molecule has 0 unspecified atom stereocenters. The number of esters is 1. The Labute approximate surface area is 143 Å². The zero-order valence-corrected chi connectivity index (χ0v) is 15.1. The molecule has 2 nitrogen and oxygen atoms in total. The monoisotopic (exact) mass is 330 g/mol. The van der Waals surface area contributed by atoms with Crippen molar-refractivity contribution < 1.29 is 9.53 Å². The summed E-state index contributed by atoms with van der Waals surface area (Å²) in [5.74, 6) is 0.119. The molecule has 2 rings (SSSR count). The average Bonchev–Trinajstić information content (AvgIpc) is 2.46. The molecule has 23 heavy (non-hydrogen) atoms. The number of rotatable bonds is 4. The number of halogens is 1.